The van der Waals surface area contributed by atoms with E-state index in [1.54, 1.807) is 0 Å². The summed E-state index contributed by atoms with van der Waals surface area (Å²) in [6.07, 6.45) is 6.29. The van der Waals surface area contributed by atoms with Gasteiger partial charge in [-0.1, -0.05) is 6.07 Å². The Morgan fingerprint density at radius 3 is 2.21 bits per heavy atom. The monoisotopic (exact) mass is 393 g/mol. The summed E-state index contributed by atoms with van der Waals surface area (Å²) in [4.78, 5) is 21.5. The molecule has 1 aromatic carbocycles. The van der Waals surface area contributed by atoms with Crippen LogP contribution < -0.4 is 0 Å². The van der Waals surface area contributed by atoms with Gasteiger partial charge in [0.05, 0.1) is 0 Å². The molecule has 1 heterocycles. The summed E-state index contributed by atoms with van der Waals surface area (Å²) < 4.78 is 27.0. The lowest BCUT2D eigenvalue weighted by atomic mass is 9.49. The second-order valence-electron chi connectivity index (χ2n) is 8.09. The average Bonchev–Trinajstić information content (AvgIpc) is 3.04. The van der Waals surface area contributed by atoms with Gasteiger partial charge in [0.2, 0.25) is 0 Å². The van der Waals surface area contributed by atoms with Crippen molar-refractivity contribution < 1.29 is 28.6 Å². The minimum atomic E-state index is -1.26. The molecule has 1 aliphatic heterocycles. The maximum absolute atomic E-state index is 13.7. The van der Waals surface area contributed by atoms with Crippen molar-refractivity contribution in [1.82, 2.24) is 4.90 Å². The molecule has 0 amide bonds. The van der Waals surface area contributed by atoms with Crippen LogP contribution in [0.5, 0.6) is 0 Å². The van der Waals surface area contributed by atoms with Gasteiger partial charge in [0, 0.05) is 30.7 Å². The van der Waals surface area contributed by atoms with E-state index in [1.807, 2.05) is 6.07 Å². The summed E-state index contributed by atoms with van der Waals surface area (Å²) >= 11 is 0. The number of carboxylic acid groups (broad SMARTS) is 2. The van der Waals surface area contributed by atoms with Crippen molar-refractivity contribution in [3.8, 4) is 0 Å². The Morgan fingerprint density at radius 2 is 1.68 bits per heavy atom. The lowest BCUT2D eigenvalue weighted by molar-refractivity contribution is -0.134. The standard InChI is InChI=1S/C17H21F2N.C4H4O4/c1-20-9-14-11-2-4-12(5-3-11)17(14,10-20)13-6-7-15(18)16(19)8-13;5-3(6)1-2-4(7)8/h6-8,11-12,14H,2-5,9-10H2,1H3;1-2H,(H,5,6)(H,7,8). The van der Waals surface area contributed by atoms with Crippen LogP contribution in [-0.2, 0) is 15.0 Å². The summed E-state index contributed by atoms with van der Waals surface area (Å²) in [7, 11) is 2.17. The lowest BCUT2D eigenvalue weighted by Crippen LogP contribution is -2.52. The number of rotatable bonds is 3. The lowest BCUT2D eigenvalue weighted by Gasteiger charge is -2.54. The number of aliphatic carboxylic acids is 2. The van der Waals surface area contributed by atoms with Crippen LogP contribution in [-0.4, -0.2) is 47.2 Å². The Balaban J connectivity index is 0.000000242. The van der Waals surface area contributed by atoms with Crippen molar-refractivity contribution in [3.05, 3.63) is 47.5 Å². The summed E-state index contributed by atoms with van der Waals surface area (Å²) in [5.74, 6) is -1.88. The number of hydrogen-bond donors (Lipinski definition) is 2. The van der Waals surface area contributed by atoms with Crippen molar-refractivity contribution in [2.75, 3.05) is 20.1 Å². The van der Waals surface area contributed by atoms with Crippen molar-refractivity contribution in [2.24, 2.45) is 17.8 Å². The molecule has 3 aliphatic carbocycles. The largest absolute Gasteiger partial charge is 0.478 e. The molecule has 2 N–H and O–H groups in total. The molecule has 4 fully saturated rings. The molecule has 2 unspecified atom stereocenters. The fourth-order valence-corrected chi connectivity index (χ4v) is 5.63. The minimum Gasteiger partial charge on any atom is -0.478 e. The summed E-state index contributed by atoms with van der Waals surface area (Å²) in [6.45, 7) is 2.12. The number of halogens is 2. The van der Waals surface area contributed by atoms with Gasteiger partial charge in [-0.3, -0.25) is 0 Å². The van der Waals surface area contributed by atoms with Crippen LogP contribution in [0.3, 0.4) is 0 Å². The predicted octanol–water partition coefficient (Wildman–Crippen LogP) is 3.30. The number of likely N-dealkylation sites (N-methyl/N-ethyl adjacent to an activating group) is 1. The number of nitrogens with zero attached hydrogens (tertiary/aromatic N) is 1. The highest BCUT2D eigenvalue weighted by Crippen LogP contribution is 2.60. The molecule has 2 bridgehead atoms. The highest BCUT2D eigenvalue weighted by atomic mass is 19.2. The van der Waals surface area contributed by atoms with Crippen LogP contribution >= 0.6 is 0 Å². The molecule has 1 aromatic rings. The van der Waals surface area contributed by atoms with Crippen molar-refractivity contribution in [2.45, 2.75) is 31.1 Å². The second kappa shape index (κ2) is 7.99. The maximum Gasteiger partial charge on any atom is 0.328 e. The molecule has 2 atom stereocenters. The molecule has 0 spiro atoms. The molecular formula is C21H25F2NO4. The summed E-state index contributed by atoms with van der Waals surface area (Å²) in [6, 6.07) is 4.63. The number of hydrogen-bond acceptors (Lipinski definition) is 3. The fraction of sp³-hybridized carbons (Fsp3) is 0.524. The van der Waals surface area contributed by atoms with Crippen LogP contribution in [0.1, 0.15) is 31.2 Å². The van der Waals surface area contributed by atoms with Gasteiger partial charge in [-0.25, -0.2) is 18.4 Å². The average molecular weight is 393 g/mol. The first-order valence-electron chi connectivity index (χ1n) is 9.52. The zero-order valence-electron chi connectivity index (χ0n) is 15.8. The van der Waals surface area contributed by atoms with Crippen molar-refractivity contribution in [3.63, 3.8) is 0 Å². The van der Waals surface area contributed by atoms with Crippen molar-refractivity contribution in [1.29, 1.82) is 0 Å². The molecule has 3 saturated carbocycles. The van der Waals surface area contributed by atoms with Gasteiger partial charge < -0.3 is 15.1 Å². The Morgan fingerprint density at radius 1 is 1.07 bits per heavy atom. The van der Waals surface area contributed by atoms with Crippen LogP contribution in [0, 0.1) is 29.4 Å². The summed E-state index contributed by atoms with van der Waals surface area (Å²) in [5, 5.41) is 15.6. The Bertz CT molecular complexity index is 773. The molecule has 152 valence electrons. The Labute approximate surface area is 162 Å². The van der Waals surface area contributed by atoms with Crippen LogP contribution in [0.25, 0.3) is 0 Å². The number of fused-ring (bicyclic) bond motifs is 2. The Hall–Kier alpha value is -2.28. The number of likely N-dealkylation sites (tertiary alicyclic amines) is 1. The molecule has 5 nitrogen and oxygen atoms in total. The van der Waals surface area contributed by atoms with Crippen LogP contribution in [0.4, 0.5) is 8.78 Å². The molecule has 28 heavy (non-hydrogen) atoms. The zero-order valence-corrected chi connectivity index (χ0v) is 15.8. The third-order valence-electron chi connectivity index (χ3n) is 6.60. The first-order valence-corrected chi connectivity index (χ1v) is 9.52. The van der Waals surface area contributed by atoms with Gasteiger partial charge in [-0.05, 0) is 68.2 Å². The predicted molar refractivity (Wildman–Crippen MR) is 98.9 cm³/mol. The Kier molecular flexibility index (Phi) is 5.84. The van der Waals surface area contributed by atoms with E-state index in [0.29, 0.717) is 24.0 Å². The van der Waals surface area contributed by atoms with Crippen LogP contribution in [0.15, 0.2) is 30.4 Å². The summed E-state index contributed by atoms with van der Waals surface area (Å²) in [5.41, 5.74) is 1.12. The van der Waals surface area contributed by atoms with Gasteiger partial charge in [-0.2, -0.15) is 0 Å². The van der Waals surface area contributed by atoms with E-state index in [-0.39, 0.29) is 5.41 Å². The number of carboxylic acids is 2. The van der Waals surface area contributed by atoms with Crippen LogP contribution in [0.2, 0.25) is 0 Å². The van der Waals surface area contributed by atoms with Gasteiger partial charge in [0.25, 0.3) is 0 Å². The topological polar surface area (TPSA) is 77.8 Å². The molecule has 0 radical (unpaired) electrons. The quantitative estimate of drug-likeness (QED) is 0.771. The third-order valence-corrected chi connectivity index (χ3v) is 6.60. The first kappa shape index (κ1) is 20.5. The normalized spacial score (nSPS) is 31.3. The maximum atomic E-state index is 13.7. The van der Waals surface area contributed by atoms with Gasteiger partial charge in [0.1, 0.15) is 0 Å². The van der Waals surface area contributed by atoms with E-state index in [2.05, 4.69) is 11.9 Å². The van der Waals surface area contributed by atoms with E-state index in [4.69, 9.17) is 10.2 Å². The zero-order chi connectivity index (χ0) is 20.5. The van der Waals surface area contributed by atoms with E-state index in [1.165, 1.54) is 37.8 Å². The van der Waals surface area contributed by atoms with E-state index >= 15 is 0 Å². The highest BCUT2D eigenvalue weighted by molar-refractivity contribution is 5.89. The van der Waals surface area contributed by atoms with Gasteiger partial charge in [0.15, 0.2) is 11.6 Å². The second-order valence-corrected chi connectivity index (χ2v) is 8.09. The third kappa shape index (κ3) is 3.81. The van der Waals surface area contributed by atoms with Crippen molar-refractivity contribution >= 4 is 11.9 Å². The van der Waals surface area contributed by atoms with Gasteiger partial charge >= 0.3 is 11.9 Å². The smallest absolute Gasteiger partial charge is 0.328 e. The van der Waals surface area contributed by atoms with Gasteiger partial charge in [-0.15, -0.1) is 0 Å². The van der Waals surface area contributed by atoms with E-state index in [9.17, 15) is 18.4 Å². The fourth-order valence-electron chi connectivity index (χ4n) is 5.63. The number of benzene rings is 1. The SMILES string of the molecule is CN1CC2C3CCC(CC3)C2(c2ccc(F)c(F)c2)C1.O=C(O)C=CC(=O)O. The van der Waals surface area contributed by atoms with E-state index in [0.717, 1.165) is 24.6 Å². The number of carbonyl (C=O) groups is 2. The molecule has 4 aliphatic rings. The molecule has 1 saturated heterocycles. The molecule has 7 heteroatoms. The minimum absolute atomic E-state index is 0.0739. The first-order chi connectivity index (χ1) is 13.2. The molecular weight excluding hydrogens is 368 g/mol. The molecule has 5 rings (SSSR count). The highest BCUT2D eigenvalue weighted by Gasteiger charge is 2.58. The van der Waals surface area contributed by atoms with E-state index < -0.39 is 23.6 Å². The molecule has 0 aromatic heterocycles.